The molecular formula is C3H9B2NO. The molecule has 1 amide bonds. The van der Waals surface area contributed by atoms with Crippen molar-refractivity contribution in [2.45, 2.75) is 0 Å². The molecule has 0 aliphatic rings. The van der Waals surface area contributed by atoms with E-state index >= 15 is 0 Å². The lowest BCUT2D eigenvalue weighted by Gasteiger charge is -2.06. The predicted octanol–water partition coefficient (Wildman–Crippen LogP) is -1.35. The molecule has 2 nitrogen and oxygen atoms in total. The third kappa shape index (κ3) is 2.31. The first-order valence-electron chi connectivity index (χ1n) is 2.38. The highest BCUT2D eigenvalue weighted by molar-refractivity contribution is 7.07. The van der Waals surface area contributed by atoms with E-state index in [1.165, 1.54) is 0 Å². The van der Waals surface area contributed by atoms with Crippen LogP contribution in [0.25, 0.3) is 0 Å². The summed E-state index contributed by atoms with van der Waals surface area (Å²) in [7, 11) is 5.97. The lowest BCUT2D eigenvalue weighted by molar-refractivity contribution is 0.239. The Morgan fingerprint density at radius 3 is 2.14 bits per heavy atom. The summed E-state index contributed by atoms with van der Waals surface area (Å²) in [6, 6.07) is 0. The fourth-order valence-corrected chi connectivity index (χ4v) is 0.316. The van der Waals surface area contributed by atoms with Gasteiger partial charge in [-0.3, -0.25) is 4.79 Å². The monoisotopic (exact) mass is 97.1 g/mol. The highest BCUT2D eigenvalue weighted by atomic mass is 16.1. The minimum absolute atomic E-state index is 0.181. The first-order valence-corrected chi connectivity index (χ1v) is 2.38. The van der Waals surface area contributed by atoms with Gasteiger partial charge in [0.2, 0.25) is 0 Å². The minimum Gasteiger partial charge on any atom is -0.358 e. The van der Waals surface area contributed by atoms with Crippen LogP contribution in [-0.2, 0) is 0 Å². The lowest BCUT2D eigenvalue weighted by Crippen LogP contribution is -2.25. The quantitative estimate of drug-likeness (QED) is 0.370. The third-order valence-corrected chi connectivity index (χ3v) is 0.801. The lowest BCUT2D eigenvalue weighted by atomic mass is 9.55. The highest BCUT2D eigenvalue weighted by Gasteiger charge is 1.97. The molecule has 0 aromatic carbocycles. The van der Waals surface area contributed by atoms with Crippen LogP contribution in [0, 0.1) is 0 Å². The van der Waals surface area contributed by atoms with Gasteiger partial charge in [-0.2, -0.15) is 0 Å². The molecule has 0 bridgehead atoms. The standard InChI is InChI=1S/C3H9B2NO/c1-6(2)3(7)5-4/h5H,4H2,1-2H3. The van der Waals surface area contributed by atoms with Crippen molar-refractivity contribution in [3.05, 3.63) is 0 Å². The van der Waals surface area contributed by atoms with E-state index in [2.05, 4.69) is 0 Å². The summed E-state index contributed by atoms with van der Waals surface area (Å²) in [4.78, 5) is 12.0. The summed E-state index contributed by atoms with van der Waals surface area (Å²) >= 11 is 0. The Hall–Kier alpha value is -0.400. The van der Waals surface area contributed by atoms with Crippen LogP contribution in [0.15, 0.2) is 0 Å². The van der Waals surface area contributed by atoms with Gasteiger partial charge in [-0.1, -0.05) is 0 Å². The smallest absolute Gasteiger partial charge is 0.193 e. The molecule has 7 heavy (non-hydrogen) atoms. The van der Waals surface area contributed by atoms with Gasteiger partial charge < -0.3 is 4.90 Å². The average molecular weight is 96.7 g/mol. The van der Waals surface area contributed by atoms with Gasteiger partial charge in [0.1, 0.15) is 0 Å². The third-order valence-electron chi connectivity index (χ3n) is 0.801. The van der Waals surface area contributed by atoms with E-state index in [9.17, 15) is 4.79 Å². The molecule has 0 saturated carbocycles. The van der Waals surface area contributed by atoms with Gasteiger partial charge in [0.15, 0.2) is 13.0 Å². The minimum atomic E-state index is 0.181. The van der Waals surface area contributed by atoms with Crippen molar-refractivity contribution < 1.29 is 4.79 Å². The van der Waals surface area contributed by atoms with Gasteiger partial charge in [0.25, 0.3) is 0 Å². The molecule has 0 unspecified atom stereocenters. The number of nitrogens with zero attached hydrogens (tertiary/aromatic N) is 1. The summed E-state index contributed by atoms with van der Waals surface area (Å²) in [5, 5.41) is 0. The number of carbonyl (C=O) groups is 1. The summed E-state index contributed by atoms with van der Waals surface area (Å²) in [5.74, 6) is 0.181. The second-order valence-electron chi connectivity index (χ2n) is 1.64. The summed E-state index contributed by atoms with van der Waals surface area (Å²) in [6.45, 7) is 0. The molecule has 0 saturated heterocycles. The van der Waals surface area contributed by atoms with Crippen LogP contribution in [0.5, 0.6) is 0 Å². The molecule has 0 fully saturated rings. The second-order valence-corrected chi connectivity index (χ2v) is 1.64. The van der Waals surface area contributed by atoms with Crippen LogP contribution in [0.2, 0.25) is 0 Å². The van der Waals surface area contributed by atoms with Gasteiger partial charge in [-0.25, -0.2) is 0 Å². The molecular weight excluding hydrogens is 87.7 g/mol. The number of rotatable bonds is 1. The van der Waals surface area contributed by atoms with Crippen LogP contribution >= 0.6 is 0 Å². The van der Waals surface area contributed by atoms with Crippen LogP contribution in [-0.4, -0.2) is 39.7 Å². The van der Waals surface area contributed by atoms with Crippen molar-refractivity contribution in [3.8, 4) is 0 Å². The molecule has 0 spiro atoms. The van der Waals surface area contributed by atoms with Crippen LogP contribution in [0.4, 0.5) is 4.79 Å². The van der Waals surface area contributed by atoms with E-state index in [0.29, 0.717) is 7.17 Å². The molecule has 0 N–H and O–H groups in total. The van der Waals surface area contributed by atoms with Crippen LogP contribution < -0.4 is 0 Å². The van der Waals surface area contributed by atoms with Gasteiger partial charge in [0, 0.05) is 14.1 Å². The first kappa shape index (κ1) is 6.60. The molecule has 4 heteroatoms. The fourth-order valence-electron chi connectivity index (χ4n) is 0.316. The van der Waals surface area contributed by atoms with Crippen molar-refractivity contribution >= 4 is 20.7 Å². The zero-order chi connectivity index (χ0) is 5.86. The topological polar surface area (TPSA) is 20.3 Å². The zero-order valence-electron chi connectivity index (χ0n) is 5.06. The Balaban J connectivity index is 3.35. The number of amides is 1. The predicted molar refractivity (Wildman–Crippen MR) is 34.8 cm³/mol. The maximum Gasteiger partial charge on any atom is 0.193 e. The van der Waals surface area contributed by atoms with Crippen molar-refractivity contribution in [2.75, 3.05) is 14.1 Å². The van der Waals surface area contributed by atoms with Gasteiger partial charge in [-0.15, -0.1) is 0 Å². The SMILES string of the molecule is BBC(=O)N(C)C. The Morgan fingerprint density at radius 1 is 1.71 bits per heavy atom. The van der Waals surface area contributed by atoms with Gasteiger partial charge in [0.05, 0.1) is 7.74 Å². The van der Waals surface area contributed by atoms with Crippen LogP contribution in [0.1, 0.15) is 0 Å². The van der Waals surface area contributed by atoms with Gasteiger partial charge >= 0.3 is 0 Å². The van der Waals surface area contributed by atoms with Crippen molar-refractivity contribution in [3.63, 3.8) is 0 Å². The summed E-state index contributed by atoms with van der Waals surface area (Å²) in [6.07, 6.45) is 0. The molecule has 0 aliphatic carbocycles. The highest BCUT2D eigenvalue weighted by Crippen LogP contribution is 1.73. The molecule has 0 heterocycles. The molecule has 0 atom stereocenters. The molecule has 38 valence electrons. The van der Waals surface area contributed by atoms with E-state index < -0.39 is 0 Å². The second kappa shape index (κ2) is 2.72. The molecule has 0 rings (SSSR count). The summed E-state index contributed by atoms with van der Waals surface area (Å²) in [5.41, 5.74) is 0. The largest absolute Gasteiger partial charge is 0.358 e. The number of hydrogen-bond donors (Lipinski definition) is 0. The van der Waals surface area contributed by atoms with Crippen molar-refractivity contribution in [1.82, 2.24) is 4.90 Å². The van der Waals surface area contributed by atoms with E-state index in [1.807, 2.05) is 7.74 Å². The normalized spacial score (nSPS) is 7.71. The van der Waals surface area contributed by atoms with Gasteiger partial charge in [-0.05, 0) is 0 Å². The molecule has 0 aliphatic heterocycles. The van der Waals surface area contributed by atoms with E-state index in [0.717, 1.165) is 0 Å². The fraction of sp³-hybridized carbons (Fsp3) is 0.667. The Bertz CT molecular complexity index is 73.3. The molecule has 0 aromatic rings. The summed E-state index contributed by atoms with van der Waals surface area (Å²) < 4.78 is 0. The Labute approximate surface area is 45.5 Å². The number of hydrogen-bond acceptors (Lipinski definition) is 1. The average Bonchev–Trinajstić information content (AvgIpc) is 1.65. The maximum absolute atomic E-state index is 10.4. The van der Waals surface area contributed by atoms with Crippen LogP contribution in [0.3, 0.4) is 0 Å². The number of carbonyl (C=O) groups excluding carboxylic acids is 1. The molecule has 0 aromatic heterocycles. The zero-order valence-corrected chi connectivity index (χ0v) is 5.06. The molecule has 0 radical (unpaired) electrons. The van der Waals surface area contributed by atoms with Crippen molar-refractivity contribution in [2.24, 2.45) is 0 Å². The Kier molecular flexibility index (Phi) is 2.56. The van der Waals surface area contributed by atoms with E-state index in [-0.39, 0.29) is 5.81 Å². The van der Waals surface area contributed by atoms with Crippen molar-refractivity contribution in [1.29, 1.82) is 0 Å². The Morgan fingerprint density at radius 2 is 2.14 bits per heavy atom. The van der Waals surface area contributed by atoms with E-state index in [4.69, 9.17) is 0 Å². The van der Waals surface area contributed by atoms with E-state index in [1.54, 1.807) is 19.0 Å². The maximum atomic E-state index is 10.4. The first-order chi connectivity index (χ1) is 3.18.